The Balaban J connectivity index is -0.00000338. The molecule has 0 aliphatic rings. The van der Waals surface area contributed by atoms with Crippen molar-refractivity contribution >= 4 is 28.0 Å². The van der Waals surface area contributed by atoms with Gasteiger partial charge in [0.2, 0.25) is 0 Å². The van der Waals surface area contributed by atoms with Crippen LogP contribution in [0.4, 0.5) is 0 Å². The molecule has 9 nitrogen and oxygen atoms in total. The number of rotatable bonds is 11. The van der Waals surface area contributed by atoms with Crippen LogP contribution < -0.4 is 51.4 Å². The van der Waals surface area contributed by atoms with Gasteiger partial charge in [-0.15, -0.1) is 0 Å². The third kappa shape index (κ3) is 9.77. The van der Waals surface area contributed by atoms with Gasteiger partial charge in [-0.1, -0.05) is 20.1 Å². The molecule has 28 heavy (non-hydrogen) atoms. The quantitative estimate of drug-likeness (QED) is 0.133. The molecule has 0 spiro atoms. The molecule has 0 heterocycles. The molecule has 0 fully saturated rings. The normalized spacial score (nSPS) is 12.2. The maximum absolute atomic E-state index is 12.6. The first-order valence-electron chi connectivity index (χ1n) is 8.05. The molecule has 1 unspecified atom stereocenters. The number of carbonyl (C=O) groups excluding carboxylic acids is 3. The van der Waals surface area contributed by atoms with Crippen LogP contribution in [-0.4, -0.2) is 55.9 Å². The Bertz CT molecular complexity index is 688. The molecule has 0 aliphatic heterocycles. The van der Waals surface area contributed by atoms with Gasteiger partial charge in [0.1, 0.15) is 30.5 Å². The molecular formula is C17H27KO9S. The molecule has 0 amide bonds. The Kier molecular flexibility index (Phi) is 13.6. The van der Waals surface area contributed by atoms with Gasteiger partial charge >= 0.3 is 69.3 Å². The molecule has 1 atom stereocenters. The van der Waals surface area contributed by atoms with Crippen molar-refractivity contribution in [2.45, 2.75) is 39.4 Å². The fourth-order valence-corrected chi connectivity index (χ4v) is 1.83. The van der Waals surface area contributed by atoms with E-state index in [1.807, 2.05) is 0 Å². The van der Waals surface area contributed by atoms with E-state index in [-0.39, 0.29) is 70.4 Å². The van der Waals surface area contributed by atoms with Gasteiger partial charge in [-0.3, -0.25) is 9.35 Å². The monoisotopic (exact) mass is 446 g/mol. The Hall–Kier alpha value is -0.564. The van der Waals surface area contributed by atoms with Gasteiger partial charge in [0, 0.05) is 11.1 Å². The minimum absolute atomic E-state index is 0. The van der Waals surface area contributed by atoms with Crippen LogP contribution in [-0.2, 0) is 38.7 Å². The summed E-state index contributed by atoms with van der Waals surface area (Å²) in [6, 6.07) is 0. The zero-order chi connectivity index (χ0) is 21.4. The molecule has 1 N–H and O–H groups in total. The van der Waals surface area contributed by atoms with Crippen LogP contribution >= 0.6 is 0 Å². The number of hydrogen-bond donors (Lipinski definition) is 1. The van der Waals surface area contributed by atoms with Crippen LogP contribution in [0.1, 0.15) is 35.5 Å². The van der Waals surface area contributed by atoms with Gasteiger partial charge in [0.25, 0.3) is 10.1 Å². The SMILES string of the molecule is C=C(C)C(=O)OCC(CC)(COC(=O)C(=C)C)C(=O)OCC(C)S(=O)(=O)O.[H-].[K+]. The molecular weight excluding hydrogens is 419 g/mol. The topological polar surface area (TPSA) is 133 Å². The molecule has 0 rings (SSSR count). The standard InChI is InChI=1S/C17H26O9S.K.H/c1-7-17(9-25-14(18)11(2)3,10-26-15(19)12(4)5)16(20)24-8-13(6)27(21,22)23;;/h13H,2,4,7-10H2,1,3,5-6H3,(H,21,22,23);;/q;+1;-1. The summed E-state index contributed by atoms with van der Waals surface area (Å²) in [5.74, 6) is -2.44. The molecule has 0 radical (unpaired) electrons. The van der Waals surface area contributed by atoms with Crippen molar-refractivity contribution in [2.75, 3.05) is 19.8 Å². The van der Waals surface area contributed by atoms with Gasteiger partial charge < -0.3 is 15.6 Å². The number of ether oxygens (including phenoxy) is 3. The Labute approximate surface area is 209 Å². The van der Waals surface area contributed by atoms with E-state index in [0.717, 1.165) is 6.92 Å². The largest absolute Gasteiger partial charge is 1.00 e. The Morgan fingerprint density at radius 2 is 1.43 bits per heavy atom. The average Bonchev–Trinajstić information content (AvgIpc) is 2.58. The van der Waals surface area contributed by atoms with E-state index in [0.29, 0.717) is 0 Å². The van der Waals surface area contributed by atoms with Crippen LogP contribution in [0.5, 0.6) is 0 Å². The fraction of sp³-hybridized carbons (Fsp3) is 0.588. The van der Waals surface area contributed by atoms with Gasteiger partial charge in [0.15, 0.2) is 0 Å². The van der Waals surface area contributed by atoms with Crippen molar-refractivity contribution in [2.24, 2.45) is 5.41 Å². The summed E-state index contributed by atoms with van der Waals surface area (Å²) in [5.41, 5.74) is -1.35. The van der Waals surface area contributed by atoms with Gasteiger partial charge in [0.05, 0.1) is 0 Å². The molecule has 0 saturated heterocycles. The van der Waals surface area contributed by atoms with E-state index in [2.05, 4.69) is 13.2 Å². The van der Waals surface area contributed by atoms with Crippen LogP contribution in [0.25, 0.3) is 0 Å². The van der Waals surface area contributed by atoms with Crippen molar-refractivity contribution in [3.63, 3.8) is 0 Å². The summed E-state index contributed by atoms with van der Waals surface area (Å²) in [4.78, 5) is 35.9. The number of esters is 3. The smallest absolute Gasteiger partial charge is 1.00 e. The minimum atomic E-state index is -4.40. The second-order valence-corrected chi connectivity index (χ2v) is 8.11. The zero-order valence-electron chi connectivity index (χ0n) is 17.9. The molecule has 0 aromatic heterocycles. The first-order chi connectivity index (χ1) is 12.3. The summed E-state index contributed by atoms with van der Waals surface area (Å²) in [6.07, 6.45) is 0.0546. The van der Waals surface area contributed by atoms with Crippen LogP contribution in [0.3, 0.4) is 0 Å². The van der Waals surface area contributed by atoms with E-state index < -0.39 is 58.5 Å². The van der Waals surface area contributed by atoms with Crippen molar-refractivity contribution < 1.29 is 94.4 Å². The molecule has 156 valence electrons. The summed E-state index contributed by atoms with van der Waals surface area (Å²) in [6.45, 7) is 10.9. The molecule has 0 aromatic rings. The molecule has 0 saturated carbocycles. The first kappa shape index (κ1) is 29.6. The van der Waals surface area contributed by atoms with E-state index in [4.69, 9.17) is 18.8 Å². The predicted octanol–water partition coefficient (Wildman–Crippen LogP) is -1.44. The van der Waals surface area contributed by atoms with E-state index in [1.165, 1.54) is 13.8 Å². The second-order valence-electron chi connectivity index (χ2n) is 6.27. The van der Waals surface area contributed by atoms with E-state index in [9.17, 15) is 22.8 Å². The molecule has 0 aromatic carbocycles. The maximum atomic E-state index is 12.6. The van der Waals surface area contributed by atoms with Gasteiger partial charge in [-0.2, -0.15) is 8.42 Å². The minimum Gasteiger partial charge on any atom is -1.00 e. The summed E-state index contributed by atoms with van der Waals surface area (Å²) < 4.78 is 46.1. The van der Waals surface area contributed by atoms with Crippen molar-refractivity contribution in [3.8, 4) is 0 Å². The van der Waals surface area contributed by atoms with Crippen molar-refractivity contribution in [1.29, 1.82) is 0 Å². The Morgan fingerprint density at radius 3 is 1.71 bits per heavy atom. The fourth-order valence-electron chi connectivity index (χ4n) is 1.59. The number of hydrogen-bond acceptors (Lipinski definition) is 8. The van der Waals surface area contributed by atoms with E-state index >= 15 is 0 Å². The average molecular weight is 447 g/mol. The van der Waals surface area contributed by atoms with Crippen molar-refractivity contribution in [1.82, 2.24) is 0 Å². The molecule has 0 bridgehead atoms. The Morgan fingerprint density at radius 1 is 1.04 bits per heavy atom. The number of carbonyl (C=O) groups is 3. The summed E-state index contributed by atoms with van der Waals surface area (Å²) in [7, 11) is -4.40. The summed E-state index contributed by atoms with van der Waals surface area (Å²) in [5, 5.41) is -1.35. The third-order valence-corrected chi connectivity index (χ3v) is 4.88. The predicted molar refractivity (Wildman–Crippen MR) is 97.4 cm³/mol. The zero-order valence-corrected chi connectivity index (χ0v) is 20.9. The van der Waals surface area contributed by atoms with Crippen LogP contribution in [0.2, 0.25) is 0 Å². The van der Waals surface area contributed by atoms with Crippen LogP contribution in [0, 0.1) is 5.41 Å². The van der Waals surface area contributed by atoms with E-state index in [1.54, 1.807) is 6.92 Å². The first-order valence-corrected chi connectivity index (χ1v) is 9.56. The third-order valence-electron chi connectivity index (χ3n) is 3.72. The van der Waals surface area contributed by atoms with Gasteiger partial charge in [-0.05, 0) is 27.2 Å². The second kappa shape index (κ2) is 12.9. The van der Waals surface area contributed by atoms with Crippen LogP contribution in [0.15, 0.2) is 24.3 Å². The molecule has 0 aliphatic carbocycles. The maximum Gasteiger partial charge on any atom is 1.00 e. The molecule has 11 heteroatoms. The van der Waals surface area contributed by atoms with Gasteiger partial charge in [-0.25, -0.2) is 9.59 Å². The summed E-state index contributed by atoms with van der Waals surface area (Å²) >= 11 is 0. The van der Waals surface area contributed by atoms with Crippen molar-refractivity contribution in [3.05, 3.63) is 24.3 Å².